The molecule has 0 saturated heterocycles. The van der Waals surface area contributed by atoms with Crippen molar-refractivity contribution >= 4 is 39.6 Å². The number of nitrogens with one attached hydrogen (secondary N) is 1. The highest BCUT2D eigenvalue weighted by molar-refractivity contribution is 9.10. The molecule has 28 heavy (non-hydrogen) atoms. The summed E-state index contributed by atoms with van der Waals surface area (Å²) in [7, 11) is 0. The van der Waals surface area contributed by atoms with Crippen molar-refractivity contribution in [1.29, 1.82) is 0 Å². The number of amides is 1. The summed E-state index contributed by atoms with van der Waals surface area (Å²) < 4.78 is 10.8. The van der Waals surface area contributed by atoms with Crippen molar-refractivity contribution in [3.05, 3.63) is 94.4 Å². The monoisotopic (exact) mass is 439 g/mol. The molecule has 142 valence electrons. The van der Waals surface area contributed by atoms with E-state index < -0.39 is 11.9 Å². The van der Waals surface area contributed by atoms with Gasteiger partial charge in [-0.1, -0.05) is 48.5 Å². The molecule has 1 aromatic heterocycles. The summed E-state index contributed by atoms with van der Waals surface area (Å²) in [6, 6.07) is 20.9. The molecule has 0 spiro atoms. The number of halogens is 1. The number of hydrogen-bond acceptors (Lipinski definition) is 4. The molecule has 0 saturated carbocycles. The minimum Gasteiger partial charge on any atom is -0.452 e. The van der Waals surface area contributed by atoms with Crippen molar-refractivity contribution in [2.45, 2.75) is 6.42 Å². The summed E-state index contributed by atoms with van der Waals surface area (Å²) >= 11 is 3.18. The van der Waals surface area contributed by atoms with E-state index in [1.807, 2.05) is 54.6 Å². The Morgan fingerprint density at radius 1 is 1.00 bits per heavy atom. The van der Waals surface area contributed by atoms with E-state index in [1.54, 1.807) is 12.1 Å². The molecule has 5 nitrogen and oxygen atoms in total. The van der Waals surface area contributed by atoms with Crippen LogP contribution >= 0.6 is 15.9 Å². The third-order valence-corrected chi connectivity index (χ3v) is 4.28. The Hall–Kier alpha value is -3.12. The second kappa shape index (κ2) is 9.71. The summed E-state index contributed by atoms with van der Waals surface area (Å²) in [5, 5.41) is 2.80. The van der Waals surface area contributed by atoms with Gasteiger partial charge in [0.25, 0.3) is 5.91 Å². The molecular formula is C22H18BrNO4. The lowest BCUT2D eigenvalue weighted by Crippen LogP contribution is -2.20. The number of furan rings is 1. The molecule has 0 aliphatic carbocycles. The first kappa shape index (κ1) is 19.6. The number of hydrogen-bond donors (Lipinski definition) is 1. The fraction of sp³-hybridized carbons (Fsp3) is 0.0909. The third-order valence-electron chi connectivity index (χ3n) is 3.85. The normalized spacial score (nSPS) is 10.8. The summed E-state index contributed by atoms with van der Waals surface area (Å²) in [6.07, 6.45) is 3.38. The van der Waals surface area contributed by atoms with Crippen molar-refractivity contribution in [3.8, 4) is 0 Å². The molecular weight excluding hydrogens is 422 g/mol. The van der Waals surface area contributed by atoms with Gasteiger partial charge in [-0.05, 0) is 57.8 Å². The number of rotatable bonds is 7. The molecule has 3 aromatic rings. The average molecular weight is 440 g/mol. The minimum atomic E-state index is -0.625. The van der Waals surface area contributed by atoms with Gasteiger partial charge in [-0.2, -0.15) is 0 Å². The van der Waals surface area contributed by atoms with Crippen LogP contribution < -0.4 is 5.32 Å². The second-order valence-corrected chi connectivity index (χ2v) is 6.73. The Morgan fingerprint density at radius 2 is 1.75 bits per heavy atom. The van der Waals surface area contributed by atoms with Gasteiger partial charge < -0.3 is 14.5 Å². The standard InChI is InChI=1S/C22H18BrNO4/c23-20-12-10-18(28-20)11-13-22(26)27-15-21(25)24-19-9-5-4-8-17(19)14-16-6-2-1-3-7-16/h1-13H,14-15H2,(H,24,25)/b13-11+. The third kappa shape index (κ3) is 5.96. The number of carbonyl (C=O) groups excluding carboxylic acids is 2. The quantitative estimate of drug-likeness (QED) is 0.422. The Balaban J connectivity index is 1.53. The predicted octanol–water partition coefficient (Wildman–Crippen LogP) is 4.83. The van der Waals surface area contributed by atoms with E-state index >= 15 is 0 Å². The first-order chi connectivity index (χ1) is 13.6. The van der Waals surface area contributed by atoms with E-state index in [0.29, 0.717) is 22.5 Å². The smallest absolute Gasteiger partial charge is 0.331 e. The van der Waals surface area contributed by atoms with Crippen molar-refractivity contribution in [2.75, 3.05) is 11.9 Å². The Morgan fingerprint density at radius 3 is 2.50 bits per heavy atom. The van der Waals surface area contributed by atoms with E-state index in [2.05, 4.69) is 21.2 Å². The highest BCUT2D eigenvalue weighted by Gasteiger charge is 2.09. The van der Waals surface area contributed by atoms with Crippen LogP contribution in [0.25, 0.3) is 6.08 Å². The first-order valence-electron chi connectivity index (χ1n) is 8.62. The van der Waals surface area contributed by atoms with Crippen LogP contribution in [0, 0.1) is 0 Å². The van der Waals surface area contributed by atoms with Crippen LogP contribution in [-0.4, -0.2) is 18.5 Å². The lowest BCUT2D eigenvalue weighted by atomic mass is 10.0. The molecule has 0 bridgehead atoms. The molecule has 0 atom stereocenters. The van der Waals surface area contributed by atoms with E-state index in [1.165, 1.54) is 12.2 Å². The van der Waals surface area contributed by atoms with Crippen LogP contribution in [0.4, 0.5) is 5.69 Å². The fourth-order valence-electron chi connectivity index (χ4n) is 2.55. The molecule has 3 rings (SSSR count). The zero-order chi connectivity index (χ0) is 19.8. The van der Waals surface area contributed by atoms with Crippen molar-refractivity contribution in [3.63, 3.8) is 0 Å². The van der Waals surface area contributed by atoms with Gasteiger partial charge in [0.2, 0.25) is 0 Å². The lowest BCUT2D eigenvalue weighted by molar-refractivity contribution is -0.142. The van der Waals surface area contributed by atoms with Crippen LogP contribution in [0.5, 0.6) is 0 Å². The van der Waals surface area contributed by atoms with Gasteiger partial charge in [-0.3, -0.25) is 4.79 Å². The maximum Gasteiger partial charge on any atom is 0.331 e. The number of para-hydroxylation sites is 1. The average Bonchev–Trinajstić information content (AvgIpc) is 3.12. The zero-order valence-electron chi connectivity index (χ0n) is 14.9. The molecule has 6 heteroatoms. The molecule has 2 aromatic carbocycles. The molecule has 0 fully saturated rings. The van der Waals surface area contributed by atoms with E-state index in [-0.39, 0.29) is 6.61 Å². The van der Waals surface area contributed by atoms with Gasteiger partial charge in [-0.25, -0.2) is 4.79 Å². The van der Waals surface area contributed by atoms with Crippen molar-refractivity contribution in [2.24, 2.45) is 0 Å². The highest BCUT2D eigenvalue weighted by Crippen LogP contribution is 2.19. The predicted molar refractivity (Wildman–Crippen MR) is 111 cm³/mol. The van der Waals surface area contributed by atoms with Crippen molar-refractivity contribution in [1.82, 2.24) is 0 Å². The van der Waals surface area contributed by atoms with Crippen LogP contribution in [0.1, 0.15) is 16.9 Å². The van der Waals surface area contributed by atoms with Gasteiger partial charge in [0.05, 0.1) is 0 Å². The van der Waals surface area contributed by atoms with Gasteiger partial charge in [0, 0.05) is 11.8 Å². The van der Waals surface area contributed by atoms with E-state index in [0.717, 1.165) is 11.1 Å². The summed E-state index contributed by atoms with van der Waals surface area (Å²) in [4.78, 5) is 23.9. The minimum absolute atomic E-state index is 0.370. The van der Waals surface area contributed by atoms with Gasteiger partial charge in [-0.15, -0.1) is 0 Å². The summed E-state index contributed by atoms with van der Waals surface area (Å²) in [5.74, 6) is -0.522. The van der Waals surface area contributed by atoms with Gasteiger partial charge in [0.1, 0.15) is 5.76 Å². The maximum atomic E-state index is 12.2. The maximum absolute atomic E-state index is 12.2. The number of ether oxygens (including phenoxy) is 1. The number of esters is 1. The molecule has 1 N–H and O–H groups in total. The molecule has 0 radical (unpaired) electrons. The topological polar surface area (TPSA) is 68.5 Å². The van der Waals surface area contributed by atoms with Gasteiger partial charge in [0.15, 0.2) is 11.3 Å². The van der Waals surface area contributed by atoms with E-state index in [9.17, 15) is 9.59 Å². The largest absolute Gasteiger partial charge is 0.452 e. The summed E-state index contributed by atoms with van der Waals surface area (Å²) in [5.41, 5.74) is 2.82. The number of carbonyl (C=O) groups is 2. The first-order valence-corrected chi connectivity index (χ1v) is 9.41. The van der Waals surface area contributed by atoms with Crippen LogP contribution in [0.15, 0.2) is 81.9 Å². The highest BCUT2D eigenvalue weighted by atomic mass is 79.9. The van der Waals surface area contributed by atoms with Gasteiger partial charge >= 0.3 is 5.97 Å². The molecule has 0 aliphatic heterocycles. The lowest BCUT2D eigenvalue weighted by Gasteiger charge is -2.11. The second-order valence-electron chi connectivity index (χ2n) is 5.95. The van der Waals surface area contributed by atoms with Crippen LogP contribution in [0.3, 0.4) is 0 Å². The molecule has 1 amide bonds. The Bertz CT molecular complexity index is 979. The van der Waals surface area contributed by atoms with Crippen LogP contribution in [0.2, 0.25) is 0 Å². The number of anilines is 1. The summed E-state index contributed by atoms with van der Waals surface area (Å²) in [6.45, 7) is -0.370. The Kier molecular flexibility index (Phi) is 6.81. The molecule has 1 heterocycles. The number of benzene rings is 2. The van der Waals surface area contributed by atoms with E-state index in [4.69, 9.17) is 9.15 Å². The Labute approximate surface area is 171 Å². The molecule has 0 aliphatic rings. The molecule has 0 unspecified atom stereocenters. The van der Waals surface area contributed by atoms with Crippen LogP contribution in [-0.2, 0) is 20.7 Å². The van der Waals surface area contributed by atoms with Crippen molar-refractivity contribution < 1.29 is 18.7 Å². The SMILES string of the molecule is O=C(COC(=O)/C=C/c1ccc(Br)o1)Nc1ccccc1Cc1ccccc1. The zero-order valence-corrected chi connectivity index (χ0v) is 16.5. The fourth-order valence-corrected chi connectivity index (χ4v) is 2.87.